The van der Waals surface area contributed by atoms with Crippen LogP contribution in [-0.2, 0) is 6.54 Å². The van der Waals surface area contributed by atoms with Crippen molar-refractivity contribution in [3.63, 3.8) is 0 Å². The van der Waals surface area contributed by atoms with Crippen molar-refractivity contribution >= 4 is 28.2 Å². The first-order valence-corrected chi connectivity index (χ1v) is 12.6. The first-order valence-electron chi connectivity index (χ1n) is 12.6. The lowest BCUT2D eigenvalue weighted by Crippen LogP contribution is -2.29. The fourth-order valence-corrected chi connectivity index (χ4v) is 4.45. The highest BCUT2D eigenvalue weighted by molar-refractivity contribution is 6.02. The predicted molar refractivity (Wildman–Crippen MR) is 146 cm³/mol. The summed E-state index contributed by atoms with van der Waals surface area (Å²) in [6.07, 6.45) is 2.83. The summed E-state index contributed by atoms with van der Waals surface area (Å²) in [7, 11) is 0. The number of aliphatic hydroxyl groups excluding tert-OH is 1. The van der Waals surface area contributed by atoms with Gasteiger partial charge in [-0.25, -0.2) is 0 Å². The number of nitrogens with one attached hydrogen (secondary N) is 2. The largest absolute Gasteiger partial charge is 0.369 e. The molecule has 6 heteroatoms. The number of hydrogen-bond donors (Lipinski definition) is 3. The highest BCUT2D eigenvalue weighted by atomic mass is 16.3. The van der Waals surface area contributed by atoms with Crippen LogP contribution in [-0.4, -0.2) is 34.0 Å². The third-order valence-corrected chi connectivity index (χ3v) is 6.11. The molecule has 0 spiro atoms. The van der Waals surface area contributed by atoms with E-state index in [1.54, 1.807) is 12.3 Å². The van der Waals surface area contributed by atoms with Crippen molar-refractivity contribution in [2.75, 3.05) is 18.4 Å². The van der Waals surface area contributed by atoms with Crippen molar-refractivity contribution in [1.29, 1.82) is 0 Å². The second-order valence-electron chi connectivity index (χ2n) is 8.94. The Morgan fingerprint density at radius 2 is 1.67 bits per heavy atom. The molecule has 0 aliphatic rings. The van der Waals surface area contributed by atoms with Crippen molar-refractivity contribution in [2.24, 2.45) is 0 Å². The number of benzene rings is 3. The van der Waals surface area contributed by atoms with Gasteiger partial charge in [-0.2, -0.15) is 0 Å². The van der Waals surface area contributed by atoms with Crippen LogP contribution >= 0.6 is 0 Å². The van der Waals surface area contributed by atoms with Crippen LogP contribution in [0.5, 0.6) is 0 Å². The van der Waals surface area contributed by atoms with Gasteiger partial charge < -0.3 is 15.7 Å². The summed E-state index contributed by atoms with van der Waals surface area (Å²) in [6.45, 7) is 7.26. The van der Waals surface area contributed by atoms with Crippen LogP contribution in [0.2, 0.25) is 0 Å². The minimum Gasteiger partial charge on any atom is -0.369 e. The van der Waals surface area contributed by atoms with Gasteiger partial charge in [-0.05, 0) is 55.8 Å². The second kappa shape index (κ2) is 12.3. The Kier molecular flexibility index (Phi) is 8.66. The molecule has 0 radical (unpaired) electrons. The molecule has 0 fully saturated rings. The molecule has 186 valence electrons. The Hall–Kier alpha value is -3.74. The summed E-state index contributed by atoms with van der Waals surface area (Å²) in [6, 6.07) is 24.8. The average molecular weight is 483 g/mol. The number of amides is 1. The van der Waals surface area contributed by atoms with Gasteiger partial charge in [0.2, 0.25) is 0 Å². The van der Waals surface area contributed by atoms with Gasteiger partial charge in [-0.15, -0.1) is 0 Å². The fraction of sp³-hybridized carbons (Fsp3) is 0.267. The number of rotatable bonds is 11. The average Bonchev–Trinajstić information content (AvgIpc) is 2.89. The number of pyridine rings is 1. The van der Waals surface area contributed by atoms with Crippen LogP contribution in [0.15, 0.2) is 85.1 Å². The predicted octanol–water partition coefficient (Wildman–Crippen LogP) is 6.02. The zero-order valence-corrected chi connectivity index (χ0v) is 20.9. The van der Waals surface area contributed by atoms with Gasteiger partial charge in [-0.3, -0.25) is 14.7 Å². The van der Waals surface area contributed by atoms with Gasteiger partial charge in [-0.1, -0.05) is 68.4 Å². The molecular weight excluding hydrogens is 448 g/mol. The van der Waals surface area contributed by atoms with E-state index in [4.69, 9.17) is 0 Å². The van der Waals surface area contributed by atoms with E-state index in [-0.39, 0.29) is 5.91 Å². The number of anilines is 2. The molecule has 36 heavy (non-hydrogen) atoms. The van der Waals surface area contributed by atoms with Crippen LogP contribution in [0.1, 0.15) is 54.4 Å². The molecule has 1 atom stereocenters. The quantitative estimate of drug-likeness (QED) is 0.228. The standard InChI is InChI=1S/C30H34N4O2/c1-3-18-34(19-4-2)21-22-10-9-11-23(20-22)29(35)33-30(36)25-13-6-8-15-27(25)32-28-16-17-31-26-14-7-5-12-24(26)28/h5-17,20,29,35H,3-4,18-19,21H2,1-2H3,(H,31,32)(H,33,36). The Morgan fingerprint density at radius 1 is 0.917 bits per heavy atom. The molecule has 1 amide bonds. The second-order valence-corrected chi connectivity index (χ2v) is 8.94. The van der Waals surface area contributed by atoms with Crippen molar-refractivity contribution in [3.05, 3.63) is 102 Å². The molecule has 0 aliphatic heterocycles. The molecular formula is C30H34N4O2. The van der Waals surface area contributed by atoms with Gasteiger partial charge in [0.05, 0.1) is 16.8 Å². The van der Waals surface area contributed by atoms with Crippen LogP contribution in [0.4, 0.5) is 11.4 Å². The maximum Gasteiger partial charge on any atom is 0.255 e. The number of fused-ring (bicyclic) bond motifs is 1. The third kappa shape index (κ3) is 6.27. The van der Waals surface area contributed by atoms with E-state index < -0.39 is 6.23 Å². The van der Waals surface area contributed by atoms with Gasteiger partial charge >= 0.3 is 0 Å². The molecule has 0 saturated heterocycles. The zero-order chi connectivity index (χ0) is 25.3. The molecule has 4 rings (SSSR count). The van der Waals surface area contributed by atoms with E-state index >= 15 is 0 Å². The first kappa shape index (κ1) is 25.4. The van der Waals surface area contributed by atoms with E-state index in [9.17, 15) is 9.90 Å². The van der Waals surface area contributed by atoms with Crippen LogP contribution in [0.3, 0.4) is 0 Å². The van der Waals surface area contributed by atoms with E-state index in [1.165, 1.54) is 0 Å². The molecule has 1 unspecified atom stereocenters. The Bertz CT molecular complexity index is 1300. The monoisotopic (exact) mass is 482 g/mol. The first-order chi connectivity index (χ1) is 17.6. The number of carbonyl (C=O) groups is 1. The van der Waals surface area contributed by atoms with Gasteiger partial charge in [0.15, 0.2) is 6.23 Å². The Labute approximate surface area is 213 Å². The van der Waals surface area contributed by atoms with Gasteiger partial charge in [0.1, 0.15) is 0 Å². The molecule has 1 aromatic heterocycles. The summed E-state index contributed by atoms with van der Waals surface area (Å²) in [5, 5.41) is 18.0. The van der Waals surface area contributed by atoms with Crippen LogP contribution in [0, 0.1) is 0 Å². The smallest absolute Gasteiger partial charge is 0.255 e. The maximum atomic E-state index is 13.2. The molecule has 4 aromatic rings. The Morgan fingerprint density at radius 3 is 2.47 bits per heavy atom. The number of aromatic nitrogens is 1. The van der Waals surface area contributed by atoms with E-state index in [1.807, 2.05) is 66.7 Å². The highest BCUT2D eigenvalue weighted by Crippen LogP contribution is 2.27. The lowest BCUT2D eigenvalue weighted by atomic mass is 10.1. The van der Waals surface area contributed by atoms with Gasteiger partial charge in [0, 0.05) is 29.4 Å². The summed E-state index contributed by atoms with van der Waals surface area (Å²) in [5.41, 5.74) is 4.62. The SMILES string of the molecule is CCCN(CCC)Cc1cccc(C(O)NC(=O)c2ccccc2Nc2ccnc3ccccc23)c1. The summed E-state index contributed by atoms with van der Waals surface area (Å²) < 4.78 is 0. The number of hydrogen-bond acceptors (Lipinski definition) is 5. The third-order valence-electron chi connectivity index (χ3n) is 6.11. The summed E-state index contributed by atoms with van der Waals surface area (Å²) in [4.78, 5) is 20.0. The molecule has 1 heterocycles. The van der Waals surface area contributed by atoms with Crippen molar-refractivity contribution in [2.45, 2.75) is 39.5 Å². The van der Waals surface area contributed by atoms with Crippen molar-refractivity contribution < 1.29 is 9.90 Å². The molecule has 3 aromatic carbocycles. The number of carbonyl (C=O) groups excluding carboxylic acids is 1. The summed E-state index contributed by atoms with van der Waals surface area (Å²) >= 11 is 0. The molecule has 3 N–H and O–H groups in total. The van der Waals surface area contributed by atoms with E-state index in [0.29, 0.717) is 16.8 Å². The van der Waals surface area contributed by atoms with Crippen molar-refractivity contribution in [3.8, 4) is 0 Å². The highest BCUT2D eigenvalue weighted by Gasteiger charge is 2.17. The van der Waals surface area contributed by atoms with Crippen LogP contribution in [0.25, 0.3) is 10.9 Å². The number of nitrogens with zero attached hydrogens (tertiary/aromatic N) is 2. The lowest BCUT2D eigenvalue weighted by Gasteiger charge is -2.22. The normalized spacial score (nSPS) is 12.0. The Balaban J connectivity index is 1.49. The number of aliphatic hydroxyl groups is 1. The molecule has 0 saturated carbocycles. The zero-order valence-electron chi connectivity index (χ0n) is 20.9. The molecule has 6 nitrogen and oxygen atoms in total. The van der Waals surface area contributed by atoms with Gasteiger partial charge in [0.25, 0.3) is 5.91 Å². The minimum atomic E-state index is -1.11. The topological polar surface area (TPSA) is 77.5 Å². The van der Waals surface area contributed by atoms with Crippen molar-refractivity contribution in [1.82, 2.24) is 15.2 Å². The van der Waals surface area contributed by atoms with Crippen LogP contribution < -0.4 is 10.6 Å². The minimum absolute atomic E-state index is 0.354. The molecule has 0 aliphatic carbocycles. The fourth-order valence-electron chi connectivity index (χ4n) is 4.45. The lowest BCUT2D eigenvalue weighted by molar-refractivity contribution is 0.0784. The number of para-hydroxylation sites is 2. The molecule has 0 bridgehead atoms. The van der Waals surface area contributed by atoms with E-state index in [0.717, 1.165) is 54.6 Å². The van der Waals surface area contributed by atoms with E-state index in [2.05, 4.69) is 40.4 Å². The maximum absolute atomic E-state index is 13.2. The summed E-state index contributed by atoms with van der Waals surface area (Å²) in [5.74, 6) is -0.354.